The third kappa shape index (κ3) is 6.70. The van der Waals surface area contributed by atoms with Gasteiger partial charge in [0.15, 0.2) is 0 Å². The van der Waals surface area contributed by atoms with Crippen molar-refractivity contribution in [2.75, 3.05) is 12.3 Å². The number of benzene rings is 1. The molecule has 1 N–H and O–H groups in total. The minimum Gasteiger partial charge on any atom is -0.355 e. The number of hydrogen-bond donors (Lipinski definition) is 1. The molecule has 0 saturated heterocycles. The fraction of sp³-hybridized carbons (Fsp3) is 0.471. The second kappa shape index (κ2) is 9.31. The van der Waals surface area contributed by atoms with E-state index < -0.39 is 0 Å². The molecule has 0 spiro atoms. The number of halogens is 1. The predicted molar refractivity (Wildman–Crippen MR) is 94.5 cm³/mol. The molecule has 0 atom stereocenters. The normalized spacial score (nSPS) is 14.6. The van der Waals surface area contributed by atoms with Gasteiger partial charge < -0.3 is 5.32 Å². The maximum absolute atomic E-state index is 11.8. The summed E-state index contributed by atoms with van der Waals surface area (Å²) in [6.07, 6.45) is 8.42. The summed E-state index contributed by atoms with van der Waals surface area (Å²) in [5, 5.41) is 3.02. The van der Waals surface area contributed by atoms with Crippen LogP contribution in [0.1, 0.15) is 37.7 Å². The first-order valence-corrected chi connectivity index (χ1v) is 9.45. The van der Waals surface area contributed by atoms with E-state index in [1.165, 1.54) is 36.8 Å². The van der Waals surface area contributed by atoms with Crippen LogP contribution < -0.4 is 5.32 Å². The van der Waals surface area contributed by atoms with Crippen molar-refractivity contribution in [2.45, 2.75) is 37.9 Å². The van der Waals surface area contributed by atoms with Crippen LogP contribution in [-0.4, -0.2) is 18.2 Å². The summed E-state index contributed by atoms with van der Waals surface area (Å²) < 4.78 is 1.09. The molecule has 0 saturated carbocycles. The minimum atomic E-state index is 0.147. The molecule has 0 fully saturated rings. The van der Waals surface area contributed by atoms with Crippen molar-refractivity contribution < 1.29 is 4.79 Å². The van der Waals surface area contributed by atoms with Crippen molar-refractivity contribution in [1.82, 2.24) is 5.32 Å². The zero-order valence-corrected chi connectivity index (χ0v) is 14.6. The molecule has 0 aromatic heterocycles. The van der Waals surface area contributed by atoms with Gasteiger partial charge in [-0.2, -0.15) is 0 Å². The lowest BCUT2D eigenvalue weighted by molar-refractivity contribution is -0.118. The number of carbonyl (C=O) groups excluding carboxylic acids is 1. The minimum absolute atomic E-state index is 0.147. The first-order chi connectivity index (χ1) is 10.2. The van der Waals surface area contributed by atoms with Gasteiger partial charge in [-0.25, -0.2) is 0 Å². The van der Waals surface area contributed by atoms with Crippen LogP contribution in [0.4, 0.5) is 0 Å². The van der Waals surface area contributed by atoms with Gasteiger partial charge in [-0.05, 0) is 49.8 Å². The van der Waals surface area contributed by atoms with Gasteiger partial charge in [-0.1, -0.05) is 39.7 Å². The second-order valence-corrected chi connectivity index (χ2v) is 7.23. The lowest BCUT2D eigenvalue weighted by Crippen LogP contribution is -2.26. The lowest BCUT2D eigenvalue weighted by atomic mass is 9.97. The Balaban J connectivity index is 1.57. The van der Waals surface area contributed by atoms with Gasteiger partial charge in [0.25, 0.3) is 0 Å². The summed E-state index contributed by atoms with van der Waals surface area (Å²) in [5.41, 5.74) is 2.77. The first kappa shape index (κ1) is 16.6. The number of rotatable bonds is 7. The fourth-order valence-electron chi connectivity index (χ4n) is 2.39. The Morgan fingerprint density at radius 1 is 1.24 bits per heavy atom. The highest BCUT2D eigenvalue weighted by atomic mass is 79.9. The molecule has 21 heavy (non-hydrogen) atoms. The second-order valence-electron chi connectivity index (χ2n) is 5.33. The van der Waals surface area contributed by atoms with E-state index in [-0.39, 0.29) is 5.91 Å². The van der Waals surface area contributed by atoms with Crippen LogP contribution in [0.25, 0.3) is 0 Å². The van der Waals surface area contributed by atoms with E-state index in [2.05, 4.69) is 39.5 Å². The van der Waals surface area contributed by atoms with Crippen molar-refractivity contribution in [1.29, 1.82) is 0 Å². The monoisotopic (exact) mass is 367 g/mol. The number of allylic oxidation sites excluding steroid dienone is 1. The van der Waals surface area contributed by atoms with Gasteiger partial charge in [-0.15, -0.1) is 11.8 Å². The summed E-state index contributed by atoms with van der Waals surface area (Å²) in [7, 11) is 0. The SMILES string of the molecule is O=C(CSCc1ccc(Br)cc1)NCCC1=CCCCC1. The van der Waals surface area contributed by atoms with Gasteiger partial charge in [-0.3, -0.25) is 4.79 Å². The molecule has 4 heteroatoms. The van der Waals surface area contributed by atoms with Crippen LogP contribution in [0.2, 0.25) is 0 Å². The number of amides is 1. The Morgan fingerprint density at radius 3 is 2.76 bits per heavy atom. The molecule has 1 aromatic carbocycles. The number of hydrogen-bond acceptors (Lipinski definition) is 2. The maximum Gasteiger partial charge on any atom is 0.230 e. The molecule has 2 rings (SSSR count). The maximum atomic E-state index is 11.8. The van der Waals surface area contributed by atoms with Gasteiger partial charge >= 0.3 is 0 Å². The molecular formula is C17H22BrNOS. The van der Waals surface area contributed by atoms with Crippen LogP contribution in [0.15, 0.2) is 40.4 Å². The van der Waals surface area contributed by atoms with Crippen LogP contribution in [0, 0.1) is 0 Å². The van der Waals surface area contributed by atoms with E-state index in [1.807, 2.05) is 12.1 Å². The molecule has 114 valence electrons. The van der Waals surface area contributed by atoms with E-state index in [0.717, 1.165) is 23.2 Å². The standard InChI is InChI=1S/C17H22BrNOS/c18-16-8-6-15(7-9-16)12-21-13-17(20)19-11-10-14-4-2-1-3-5-14/h4,6-9H,1-3,5,10-13H2,(H,19,20). The quantitative estimate of drug-likeness (QED) is 0.708. The van der Waals surface area contributed by atoms with Crippen LogP contribution in [0.3, 0.4) is 0 Å². The Morgan fingerprint density at radius 2 is 2.05 bits per heavy atom. The molecule has 1 amide bonds. The highest BCUT2D eigenvalue weighted by Crippen LogP contribution is 2.19. The highest BCUT2D eigenvalue weighted by molar-refractivity contribution is 9.10. The smallest absolute Gasteiger partial charge is 0.230 e. The lowest BCUT2D eigenvalue weighted by Gasteiger charge is -2.12. The van der Waals surface area contributed by atoms with Crippen LogP contribution >= 0.6 is 27.7 Å². The van der Waals surface area contributed by atoms with E-state index in [0.29, 0.717) is 5.75 Å². The van der Waals surface area contributed by atoms with E-state index in [4.69, 9.17) is 0 Å². The topological polar surface area (TPSA) is 29.1 Å². The van der Waals surface area contributed by atoms with Gasteiger partial charge in [0.05, 0.1) is 5.75 Å². The zero-order chi connectivity index (χ0) is 14.9. The van der Waals surface area contributed by atoms with Crippen molar-refractivity contribution in [2.24, 2.45) is 0 Å². The molecule has 0 radical (unpaired) electrons. The molecule has 2 nitrogen and oxygen atoms in total. The summed E-state index contributed by atoms with van der Waals surface area (Å²) in [6, 6.07) is 8.25. The molecule has 0 unspecified atom stereocenters. The Labute approximate surface area is 139 Å². The summed E-state index contributed by atoms with van der Waals surface area (Å²) in [4.78, 5) is 11.8. The average Bonchev–Trinajstić information content (AvgIpc) is 2.50. The molecular weight excluding hydrogens is 346 g/mol. The van der Waals surface area contributed by atoms with Crippen molar-refractivity contribution in [3.63, 3.8) is 0 Å². The van der Waals surface area contributed by atoms with E-state index in [1.54, 1.807) is 11.8 Å². The third-order valence-corrected chi connectivity index (χ3v) is 5.10. The average molecular weight is 368 g/mol. The molecule has 0 heterocycles. The van der Waals surface area contributed by atoms with Gasteiger partial charge in [0.2, 0.25) is 5.91 Å². The van der Waals surface area contributed by atoms with Crippen LogP contribution in [-0.2, 0) is 10.5 Å². The zero-order valence-electron chi connectivity index (χ0n) is 12.2. The highest BCUT2D eigenvalue weighted by Gasteiger charge is 2.05. The van der Waals surface area contributed by atoms with Crippen LogP contribution in [0.5, 0.6) is 0 Å². The van der Waals surface area contributed by atoms with E-state index >= 15 is 0 Å². The Kier molecular flexibility index (Phi) is 7.37. The molecule has 0 bridgehead atoms. The molecule has 1 aromatic rings. The van der Waals surface area contributed by atoms with Crippen molar-refractivity contribution in [3.8, 4) is 0 Å². The van der Waals surface area contributed by atoms with Crippen molar-refractivity contribution >= 4 is 33.6 Å². The molecule has 1 aliphatic carbocycles. The Hall–Kier alpha value is -0.740. The Bertz CT molecular complexity index is 484. The number of carbonyl (C=O) groups is 1. The summed E-state index contributed by atoms with van der Waals surface area (Å²) in [6.45, 7) is 0.781. The summed E-state index contributed by atoms with van der Waals surface area (Å²) >= 11 is 5.09. The van der Waals surface area contributed by atoms with Gasteiger partial charge in [0, 0.05) is 16.8 Å². The molecule has 1 aliphatic rings. The predicted octanol–water partition coefficient (Wildman–Crippen LogP) is 4.69. The third-order valence-electron chi connectivity index (χ3n) is 3.57. The fourth-order valence-corrected chi connectivity index (χ4v) is 3.47. The summed E-state index contributed by atoms with van der Waals surface area (Å²) in [5.74, 6) is 1.56. The molecule has 0 aliphatic heterocycles. The first-order valence-electron chi connectivity index (χ1n) is 7.51. The van der Waals surface area contributed by atoms with E-state index in [9.17, 15) is 4.79 Å². The van der Waals surface area contributed by atoms with Crippen molar-refractivity contribution in [3.05, 3.63) is 46.0 Å². The van der Waals surface area contributed by atoms with Gasteiger partial charge in [0.1, 0.15) is 0 Å². The number of thioether (sulfide) groups is 1. The largest absolute Gasteiger partial charge is 0.355 e. The number of nitrogens with one attached hydrogen (secondary N) is 1.